The topological polar surface area (TPSA) is 49.8 Å². The summed E-state index contributed by atoms with van der Waals surface area (Å²) < 4.78 is 5.18. The number of rotatable bonds is 9. The van der Waals surface area contributed by atoms with Crippen LogP contribution in [0.5, 0.6) is 0 Å². The van der Waals surface area contributed by atoms with E-state index in [0.717, 1.165) is 16.7 Å². The smallest absolute Gasteiger partial charge is 0.323 e. The van der Waals surface area contributed by atoms with Gasteiger partial charge in [0.25, 0.3) is 0 Å². The lowest BCUT2D eigenvalue weighted by Crippen LogP contribution is -2.51. The molecule has 1 saturated carbocycles. The van der Waals surface area contributed by atoms with E-state index in [0.29, 0.717) is 25.3 Å². The highest BCUT2D eigenvalue weighted by Gasteiger charge is 2.38. The molecule has 4 nitrogen and oxygen atoms in total. The molecule has 0 radical (unpaired) electrons. The SMILES string of the molecule is COC(=O)[C@H](Cc1ccccc1)N1CC(/C=C/C2CC2)=C[C@H]1[C@H](O)Cc1ccccc1. The average molecular weight is 418 g/mol. The Kier molecular flexibility index (Phi) is 7.00. The number of esters is 1. The number of aliphatic hydroxyl groups excluding tert-OH is 1. The van der Waals surface area contributed by atoms with Gasteiger partial charge in [0, 0.05) is 13.0 Å². The molecule has 0 aromatic heterocycles. The molecule has 1 fully saturated rings. The number of hydrogen-bond donors (Lipinski definition) is 1. The van der Waals surface area contributed by atoms with Gasteiger partial charge in [-0.1, -0.05) is 78.9 Å². The van der Waals surface area contributed by atoms with Crippen LogP contribution in [0.25, 0.3) is 0 Å². The molecule has 4 rings (SSSR count). The van der Waals surface area contributed by atoms with Gasteiger partial charge in [-0.25, -0.2) is 0 Å². The lowest BCUT2D eigenvalue weighted by Gasteiger charge is -2.34. The molecule has 4 heteroatoms. The number of carbonyl (C=O) groups is 1. The third-order valence-corrected chi connectivity index (χ3v) is 6.16. The molecule has 162 valence electrons. The maximum atomic E-state index is 12.8. The molecule has 1 heterocycles. The zero-order chi connectivity index (χ0) is 21.6. The van der Waals surface area contributed by atoms with Crippen molar-refractivity contribution in [3.05, 3.63) is 95.6 Å². The zero-order valence-electron chi connectivity index (χ0n) is 18.1. The standard InChI is InChI=1S/C27H31NO3/c1-31-27(30)25(16-21-8-4-2-5-9-21)28-19-23(15-14-20-12-13-20)17-24(28)26(29)18-22-10-6-3-7-11-22/h2-11,14-15,17,20,24-26,29H,12-13,16,18-19H2,1H3/b15-14+/t24-,25-,26+/m0/s1. The Balaban J connectivity index is 1.58. The summed E-state index contributed by atoms with van der Waals surface area (Å²) in [5.74, 6) is 0.421. The first-order valence-electron chi connectivity index (χ1n) is 11.1. The normalized spacial score (nSPS) is 21.1. The first-order chi connectivity index (χ1) is 15.1. The zero-order valence-corrected chi connectivity index (χ0v) is 18.1. The van der Waals surface area contributed by atoms with Gasteiger partial charge in [-0.15, -0.1) is 0 Å². The van der Waals surface area contributed by atoms with Crippen LogP contribution in [0.1, 0.15) is 24.0 Å². The van der Waals surface area contributed by atoms with Crippen molar-refractivity contribution in [3.8, 4) is 0 Å². The van der Waals surface area contributed by atoms with Gasteiger partial charge in [-0.2, -0.15) is 0 Å². The van der Waals surface area contributed by atoms with E-state index >= 15 is 0 Å². The van der Waals surface area contributed by atoms with Crippen LogP contribution in [-0.2, 0) is 22.4 Å². The fraction of sp³-hybridized carbons (Fsp3) is 0.370. The summed E-state index contributed by atoms with van der Waals surface area (Å²) in [6.45, 7) is 0.631. The molecule has 0 amide bonds. The molecule has 31 heavy (non-hydrogen) atoms. The highest BCUT2D eigenvalue weighted by atomic mass is 16.5. The predicted molar refractivity (Wildman–Crippen MR) is 123 cm³/mol. The Labute approximate surface area is 184 Å². The van der Waals surface area contributed by atoms with E-state index in [1.807, 2.05) is 60.7 Å². The van der Waals surface area contributed by atoms with Gasteiger partial charge >= 0.3 is 5.97 Å². The molecule has 0 saturated heterocycles. The van der Waals surface area contributed by atoms with E-state index in [-0.39, 0.29) is 12.0 Å². The van der Waals surface area contributed by atoms with E-state index in [4.69, 9.17) is 4.74 Å². The molecule has 2 aromatic carbocycles. The number of nitrogens with zero attached hydrogens (tertiary/aromatic N) is 1. The van der Waals surface area contributed by atoms with Crippen molar-refractivity contribution in [2.45, 2.75) is 43.9 Å². The summed E-state index contributed by atoms with van der Waals surface area (Å²) in [5.41, 5.74) is 3.32. The third-order valence-electron chi connectivity index (χ3n) is 6.16. The molecule has 2 aromatic rings. The minimum absolute atomic E-state index is 0.244. The number of benzene rings is 2. The predicted octanol–water partition coefficient (Wildman–Crippen LogP) is 3.95. The van der Waals surface area contributed by atoms with E-state index in [1.54, 1.807) is 0 Å². The molecular weight excluding hydrogens is 386 g/mol. The molecule has 0 spiro atoms. The molecule has 1 aliphatic heterocycles. The van der Waals surface area contributed by atoms with Crippen LogP contribution < -0.4 is 0 Å². The average Bonchev–Trinajstić information content (AvgIpc) is 3.54. The first kappa shape index (κ1) is 21.5. The van der Waals surface area contributed by atoms with Gasteiger partial charge in [0.05, 0.1) is 19.3 Å². The van der Waals surface area contributed by atoms with Gasteiger partial charge in [0.2, 0.25) is 0 Å². The molecular formula is C27H31NO3. The summed E-state index contributed by atoms with van der Waals surface area (Å²) in [5, 5.41) is 11.2. The van der Waals surface area contributed by atoms with Gasteiger partial charge in [0.15, 0.2) is 0 Å². The van der Waals surface area contributed by atoms with Crippen LogP contribution in [0, 0.1) is 5.92 Å². The van der Waals surface area contributed by atoms with Crippen molar-refractivity contribution in [2.24, 2.45) is 5.92 Å². The van der Waals surface area contributed by atoms with Crippen molar-refractivity contribution in [2.75, 3.05) is 13.7 Å². The highest BCUT2D eigenvalue weighted by molar-refractivity contribution is 5.76. The van der Waals surface area contributed by atoms with Crippen LogP contribution in [0.2, 0.25) is 0 Å². The van der Waals surface area contributed by atoms with Gasteiger partial charge in [-0.05, 0) is 41.9 Å². The van der Waals surface area contributed by atoms with Crippen LogP contribution in [0.4, 0.5) is 0 Å². The van der Waals surface area contributed by atoms with Crippen molar-refractivity contribution < 1.29 is 14.6 Å². The molecule has 0 unspecified atom stereocenters. The van der Waals surface area contributed by atoms with Crippen LogP contribution in [-0.4, -0.2) is 47.8 Å². The fourth-order valence-corrected chi connectivity index (χ4v) is 4.28. The quantitative estimate of drug-likeness (QED) is 0.628. The number of hydrogen-bond acceptors (Lipinski definition) is 4. The first-order valence-corrected chi connectivity index (χ1v) is 11.1. The number of methoxy groups -OCH3 is 1. The monoisotopic (exact) mass is 417 g/mol. The second-order valence-electron chi connectivity index (χ2n) is 8.59. The lowest BCUT2D eigenvalue weighted by atomic mass is 9.98. The second-order valence-corrected chi connectivity index (χ2v) is 8.59. The Bertz CT molecular complexity index is 918. The van der Waals surface area contributed by atoms with Gasteiger partial charge < -0.3 is 9.84 Å². The lowest BCUT2D eigenvalue weighted by molar-refractivity contribution is -0.147. The highest BCUT2D eigenvalue weighted by Crippen LogP contribution is 2.32. The third kappa shape index (κ3) is 5.72. The van der Waals surface area contributed by atoms with Gasteiger partial charge in [-0.3, -0.25) is 9.69 Å². The van der Waals surface area contributed by atoms with Crippen molar-refractivity contribution >= 4 is 5.97 Å². The summed E-state index contributed by atoms with van der Waals surface area (Å²) in [6, 6.07) is 19.3. The number of ether oxygens (including phenoxy) is 1. The largest absolute Gasteiger partial charge is 0.468 e. The van der Waals surface area contributed by atoms with Crippen LogP contribution in [0.15, 0.2) is 84.5 Å². The summed E-state index contributed by atoms with van der Waals surface area (Å²) in [7, 11) is 1.44. The second kappa shape index (κ2) is 10.1. The number of aliphatic hydroxyl groups is 1. The summed E-state index contributed by atoms with van der Waals surface area (Å²) >= 11 is 0. The minimum atomic E-state index is -0.614. The number of allylic oxidation sites excluding steroid dienone is 1. The summed E-state index contributed by atoms with van der Waals surface area (Å²) in [6.07, 6.45) is 9.56. The fourth-order valence-electron chi connectivity index (χ4n) is 4.28. The van der Waals surface area contributed by atoms with Crippen molar-refractivity contribution in [3.63, 3.8) is 0 Å². The van der Waals surface area contributed by atoms with E-state index in [1.165, 1.54) is 20.0 Å². The Morgan fingerprint density at radius 3 is 2.26 bits per heavy atom. The number of carbonyl (C=O) groups excluding carboxylic acids is 1. The van der Waals surface area contributed by atoms with Crippen molar-refractivity contribution in [1.29, 1.82) is 0 Å². The van der Waals surface area contributed by atoms with Crippen LogP contribution >= 0.6 is 0 Å². The van der Waals surface area contributed by atoms with Crippen LogP contribution in [0.3, 0.4) is 0 Å². The summed E-state index contributed by atoms with van der Waals surface area (Å²) in [4.78, 5) is 14.9. The van der Waals surface area contributed by atoms with Gasteiger partial charge in [0.1, 0.15) is 6.04 Å². The van der Waals surface area contributed by atoms with Crippen molar-refractivity contribution in [1.82, 2.24) is 4.90 Å². The van der Waals surface area contributed by atoms with E-state index in [2.05, 4.69) is 23.1 Å². The Morgan fingerprint density at radius 2 is 1.68 bits per heavy atom. The molecule has 3 atom stereocenters. The molecule has 1 N–H and O–H groups in total. The minimum Gasteiger partial charge on any atom is -0.468 e. The Morgan fingerprint density at radius 1 is 1.06 bits per heavy atom. The van der Waals surface area contributed by atoms with E-state index in [9.17, 15) is 9.90 Å². The maximum absolute atomic E-state index is 12.8. The molecule has 2 aliphatic rings. The Hall–Kier alpha value is -2.69. The molecule has 1 aliphatic carbocycles. The maximum Gasteiger partial charge on any atom is 0.323 e. The van der Waals surface area contributed by atoms with E-state index < -0.39 is 12.1 Å². The molecule has 0 bridgehead atoms.